The lowest BCUT2D eigenvalue weighted by molar-refractivity contribution is 0.488. The molecule has 78 valence electrons. The maximum Gasteiger partial charge on any atom is 0.205 e. The second-order valence-corrected chi connectivity index (χ2v) is 4.34. The van der Waals surface area contributed by atoms with Crippen LogP contribution in [0.3, 0.4) is 0 Å². The highest BCUT2D eigenvalue weighted by Crippen LogP contribution is 2.22. The van der Waals surface area contributed by atoms with Crippen LogP contribution >= 0.6 is 8.03 Å². The Morgan fingerprint density at radius 3 is 2.29 bits per heavy atom. The molecule has 0 fully saturated rings. The van der Waals surface area contributed by atoms with Crippen molar-refractivity contribution < 1.29 is 18.2 Å². The SMILES string of the molecule is NC(Cc1cc(F)cc(F)c1)[PH](=O)O. The van der Waals surface area contributed by atoms with Crippen LogP contribution in [0.25, 0.3) is 0 Å². The van der Waals surface area contributed by atoms with E-state index in [1.807, 2.05) is 0 Å². The van der Waals surface area contributed by atoms with E-state index in [2.05, 4.69) is 0 Å². The van der Waals surface area contributed by atoms with E-state index in [-0.39, 0.29) is 12.0 Å². The normalized spacial score (nSPS) is 15.1. The van der Waals surface area contributed by atoms with Gasteiger partial charge in [-0.25, -0.2) is 8.78 Å². The first-order chi connectivity index (χ1) is 6.49. The number of benzene rings is 1. The molecule has 1 rings (SSSR count). The zero-order valence-corrected chi connectivity index (χ0v) is 8.21. The maximum absolute atomic E-state index is 12.7. The molecule has 0 aromatic heterocycles. The van der Waals surface area contributed by atoms with E-state index in [1.54, 1.807) is 0 Å². The van der Waals surface area contributed by atoms with Crippen LogP contribution in [0, 0.1) is 11.6 Å². The Bertz CT molecular complexity index is 339. The van der Waals surface area contributed by atoms with E-state index in [1.165, 1.54) is 0 Å². The van der Waals surface area contributed by atoms with E-state index in [4.69, 9.17) is 10.6 Å². The monoisotopic (exact) mass is 221 g/mol. The van der Waals surface area contributed by atoms with Gasteiger partial charge in [-0.15, -0.1) is 0 Å². The van der Waals surface area contributed by atoms with Gasteiger partial charge in [-0.1, -0.05) is 0 Å². The summed E-state index contributed by atoms with van der Waals surface area (Å²) in [5.74, 6) is -2.39. The summed E-state index contributed by atoms with van der Waals surface area (Å²) in [6, 6.07) is 2.92. The van der Waals surface area contributed by atoms with Gasteiger partial charge in [0.15, 0.2) is 0 Å². The van der Waals surface area contributed by atoms with Crippen molar-refractivity contribution in [1.82, 2.24) is 0 Å². The summed E-state index contributed by atoms with van der Waals surface area (Å²) in [7, 11) is -2.85. The van der Waals surface area contributed by atoms with Crippen molar-refractivity contribution in [2.45, 2.75) is 12.2 Å². The van der Waals surface area contributed by atoms with E-state index >= 15 is 0 Å². The van der Waals surface area contributed by atoms with Crippen LogP contribution in [0.2, 0.25) is 0 Å². The van der Waals surface area contributed by atoms with Gasteiger partial charge in [-0.05, 0) is 24.1 Å². The minimum Gasteiger partial charge on any atom is -0.345 e. The van der Waals surface area contributed by atoms with Gasteiger partial charge in [0.1, 0.15) is 11.6 Å². The topological polar surface area (TPSA) is 63.3 Å². The molecule has 1 aromatic rings. The fraction of sp³-hybridized carbons (Fsp3) is 0.250. The molecule has 0 bridgehead atoms. The predicted octanol–water partition coefficient (Wildman–Crippen LogP) is 1.26. The summed E-state index contributed by atoms with van der Waals surface area (Å²) in [6.45, 7) is 0. The molecule has 0 aliphatic carbocycles. The minimum absolute atomic E-state index is 0.0109. The molecule has 1 aromatic carbocycles. The molecule has 6 heteroatoms. The van der Waals surface area contributed by atoms with Crippen LogP contribution in [0.5, 0.6) is 0 Å². The van der Waals surface area contributed by atoms with Crippen LogP contribution in [0.4, 0.5) is 8.78 Å². The number of nitrogens with two attached hydrogens (primary N) is 1. The summed E-state index contributed by atoms with van der Waals surface area (Å²) < 4.78 is 35.9. The number of hydrogen-bond acceptors (Lipinski definition) is 2. The zero-order valence-electron chi connectivity index (χ0n) is 7.21. The van der Waals surface area contributed by atoms with Crippen molar-refractivity contribution in [3.05, 3.63) is 35.4 Å². The third kappa shape index (κ3) is 3.18. The van der Waals surface area contributed by atoms with E-state index in [0.717, 1.165) is 18.2 Å². The van der Waals surface area contributed by atoms with Gasteiger partial charge in [-0.3, -0.25) is 4.57 Å². The molecular weight excluding hydrogens is 211 g/mol. The van der Waals surface area contributed by atoms with E-state index in [9.17, 15) is 13.3 Å². The van der Waals surface area contributed by atoms with Crippen molar-refractivity contribution in [3.63, 3.8) is 0 Å². The number of halogens is 2. The Hall–Kier alpha value is -0.770. The van der Waals surface area contributed by atoms with Gasteiger partial charge >= 0.3 is 0 Å². The first-order valence-electron chi connectivity index (χ1n) is 3.92. The number of rotatable bonds is 3. The molecule has 0 saturated carbocycles. The fourth-order valence-electron chi connectivity index (χ4n) is 1.07. The second kappa shape index (κ2) is 4.64. The minimum atomic E-state index is -2.85. The Morgan fingerprint density at radius 2 is 1.86 bits per heavy atom. The van der Waals surface area contributed by atoms with Crippen LogP contribution in [-0.2, 0) is 11.0 Å². The lowest BCUT2D eigenvalue weighted by atomic mass is 10.1. The highest BCUT2D eigenvalue weighted by atomic mass is 31.1. The van der Waals surface area contributed by atoms with Crippen molar-refractivity contribution in [2.24, 2.45) is 5.73 Å². The Balaban J connectivity index is 2.81. The molecule has 3 N–H and O–H groups in total. The van der Waals surface area contributed by atoms with E-state index < -0.39 is 25.4 Å². The third-order valence-corrected chi connectivity index (χ3v) is 2.53. The predicted molar refractivity (Wildman–Crippen MR) is 49.3 cm³/mol. The first kappa shape index (κ1) is 11.3. The fourth-order valence-corrected chi connectivity index (χ4v) is 1.48. The van der Waals surface area contributed by atoms with Gasteiger partial charge in [0.05, 0.1) is 5.78 Å². The van der Waals surface area contributed by atoms with E-state index in [0.29, 0.717) is 0 Å². The first-order valence-corrected chi connectivity index (χ1v) is 5.35. The highest BCUT2D eigenvalue weighted by Gasteiger charge is 2.10. The molecule has 0 spiro atoms. The zero-order chi connectivity index (χ0) is 10.7. The average molecular weight is 221 g/mol. The van der Waals surface area contributed by atoms with Crippen molar-refractivity contribution in [3.8, 4) is 0 Å². The van der Waals surface area contributed by atoms with Gasteiger partial charge in [0.2, 0.25) is 8.03 Å². The molecule has 2 atom stereocenters. The van der Waals surface area contributed by atoms with Crippen LogP contribution in [0.1, 0.15) is 5.56 Å². The quantitative estimate of drug-likeness (QED) is 0.755. The molecule has 2 unspecified atom stereocenters. The summed E-state index contributed by atoms with van der Waals surface area (Å²) in [5, 5.41) is 0. The van der Waals surface area contributed by atoms with Gasteiger partial charge in [0.25, 0.3) is 0 Å². The smallest absolute Gasteiger partial charge is 0.205 e. The van der Waals surface area contributed by atoms with Gasteiger partial charge in [-0.2, -0.15) is 0 Å². The standard InChI is InChI=1S/C8H10F2NO2P/c9-6-1-5(2-7(10)4-6)3-8(11)14(12)13/h1-2,4,8,14H,3,11H2,(H,12,13). The molecule has 0 aliphatic heterocycles. The van der Waals surface area contributed by atoms with Gasteiger partial charge < -0.3 is 10.6 Å². The molecule has 0 heterocycles. The summed E-state index contributed by atoms with van der Waals surface area (Å²) in [4.78, 5) is 8.65. The Morgan fingerprint density at radius 1 is 1.36 bits per heavy atom. The molecule has 14 heavy (non-hydrogen) atoms. The van der Waals surface area contributed by atoms with Crippen molar-refractivity contribution >= 4 is 8.03 Å². The molecule has 0 aliphatic rings. The Kier molecular flexibility index (Phi) is 3.75. The van der Waals surface area contributed by atoms with Crippen LogP contribution < -0.4 is 5.73 Å². The summed E-state index contributed by atoms with van der Waals surface area (Å²) in [5.41, 5.74) is 5.57. The molecule has 0 amide bonds. The average Bonchev–Trinajstić information content (AvgIpc) is 2.01. The lowest BCUT2D eigenvalue weighted by Crippen LogP contribution is -2.18. The summed E-state index contributed by atoms with van der Waals surface area (Å²) in [6.07, 6.45) is -0.0109. The van der Waals surface area contributed by atoms with Crippen molar-refractivity contribution in [1.29, 1.82) is 0 Å². The molecular formula is C8H10F2NO2P. The second-order valence-electron chi connectivity index (χ2n) is 2.93. The number of hydrogen-bond donors (Lipinski definition) is 2. The lowest BCUT2D eigenvalue weighted by Gasteiger charge is -2.07. The van der Waals surface area contributed by atoms with Crippen LogP contribution in [0.15, 0.2) is 18.2 Å². The Labute approximate surface area is 80.4 Å². The third-order valence-electron chi connectivity index (χ3n) is 1.70. The molecule has 0 radical (unpaired) electrons. The highest BCUT2D eigenvalue weighted by molar-refractivity contribution is 7.38. The van der Waals surface area contributed by atoms with Crippen molar-refractivity contribution in [2.75, 3.05) is 0 Å². The van der Waals surface area contributed by atoms with Crippen LogP contribution in [-0.4, -0.2) is 10.7 Å². The maximum atomic E-state index is 12.7. The summed E-state index contributed by atoms with van der Waals surface area (Å²) >= 11 is 0. The molecule has 0 saturated heterocycles. The van der Waals surface area contributed by atoms with Gasteiger partial charge in [0, 0.05) is 6.07 Å². The largest absolute Gasteiger partial charge is 0.345 e. The molecule has 3 nitrogen and oxygen atoms in total.